The van der Waals surface area contributed by atoms with Gasteiger partial charge >= 0.3 is 0 Å². The van der Waals surface area contributed by atoms with Crippen LogP contribution in [0, 0.1) is 0 Å². The zero-order valence-electron chi connectivity index (χ0n) is 16.2. The Bertz CT molecular complexity index is 1140. The Morgan fingerprint density at radius 1 is 1.10 bits per heavy atom. The second-order valence-corrected chi connectivity index (χ2v) is 8.34. The number of benzene rings is 3. The summed E-state index contributed by atoms with van der Waals surface area (Å²) in [4.78, 5) is 12.2. The smallest absolute Gasteiger partial charge is 0.272 e. The molecule has 1 amide bonds. The Hall–Kier alpha value is -2.25. The number of amides is 1. The van der Waals surface area contributed by atoms with E-state index in [9.17, 15) is 4.79 Å². The summed E-state index contributed by atoms with van der Waals surface area (Å²) in [5.74, 6) is 0.433. The summed E-state index contributed by atoms with van der Waals surface area (Å²) >= 11 is 21.8. The van der Waals surface area contributed by atoms with Gasteiger partial charge in [0.1, 0.15) is 6.61 Å². The molecule has 0 aliphatic rings. The van der Waals surface area contributed by atoms with Crippen molar-refractivity contribution in [3.63, 3.8) is 0 Å². The molecule has 0 atom stereocenters. The highest BCUT2D eigenvalue weighted by Gasteiger charge is 2.13. The third-order valence-electron chi connectivity index (χ3n) is 4.14. The topological polar surface area (TPSA) is 59.9 Å². The molecule has 3 aromatic carbocycles. The highest BCUT2D eigenvalue weighted by atomic mass is 79.9. The minimum absolute atomic E-state index is 0.182. The summed E-state index contributed by atoms with van der Waals surface area (Å²) in [5, 5.41) is 5.34. The molecule has 160 valence electrons. The number of rotatable bonds is 7. The van der Waals surface area contributed by atoms with E-state index < -0.39 is 0 Å². The van der Waals surface area contributed by atoms with Gasteiger partial charge in [0.25, 0.3) is 5.91 Å². The monoisotopic (exact) mass is 540 g/mol. The van der Waals surface area contributed by atoms with E-state index in [1.165, 1.54) is 13.3 Å². The summed E-state index contributed by atoms with van der Waals surface area (Å²) in [6, 6.07) is 15.5. The fourth-order valence-electron chi connectivity index (χ4n) is 2.61. The van der Waals surface area contributed by atoms with Crippen molar-refractivity contribution in [3.8, 4) is 11.5 Å². The van der Waals surface area contributed by atoms with E-state index in [0.717, 1.165) is 5.56 Å². The Morgan fingerprint density at radius 2 is 1.87 bits per heavy atom. The lowest BCUT2D eigenvalue weighted by atomic mass is 10.2. The normalized spacial score (nSPS) is 10.9. The summed E-state index contributed by atoms with van der Waals surface area (Å²) in [6.45, 7) is 0.182. The molecule has 0 fully saturated rings. The van der Waals surface area contributed by atoms with Crippen molar-refractivity contribution in [2.75, 3.05) is 7.11 Å². The zero-order valence-corrected chi connectivity index (χ0v) is 20.0. The fourth-order valence-corrected chi connectivity index (χ4v) is 3.82. The molecule has 0 radical (unpaired) electrons. The quantitative estimate of drug-likeness (QED) is 0.265. The van der Waals surface area contributed by atoms with E-state index in [-0.39, 0.29) is 12.5 Å². The van der Waals surface area contributed by atoms with Crippen LogP contribution in [0.25, 0.3) is 0 Å². The van der Waals surface area contributed by atoms with Gasteiger partial charge in [0.05, 0.1) is 23.9 Å². The number of halogens is 4. The van der Waals surface area contributed by atoms with E-state index in [1.54, 1.807) is 48.5 Å². The number of methoxy groups -OCH3 is 1. The van der Waals surface area contributed by atoms with Crippen LogP contribution in [-0.2, 0) is 6.61 Å². The van der Waals surface area contributed by atoms with Gasteiger partial charge in [0.2, 0.25) is 0 Å². The standard InChI is InChI=1S/C22H16BrCl3N2O3/c1-30-20-9-13(11-27-28-22(29)16-4-2-3-5-17(16)23)8-19(26)21(20)31-12-14-6-7-15(24)10-18(14)25/h2-11H,12H2,1H3,(H,28,29)/b27-11+. The van der Waals surface area contributed by atoms with Gasteiger partial charge in [-0.15, -0.1) is 0 Å². The van der Waals surface area contributed by atoms with Gasteiger partial charge in [0, 0.05) is 20.1 Å². The van der Waals surface area contributed by atoms with Crippen LogP contribution in [0.3, 0.4) is 0 Å². The highest BCUT2D eigenvalue weighted by Crippen LogP contribution is 2.37. The molecule has 0 aliphatic heterocycles. The van der Waals surface area contributed by atoms with Crippen molar-refractivity contribution in [2.45, 2.75) is 6.61 Å². The summed E-state index contributed by atoms with van der Waals surface area (Å²) in [5.41, 5.74) is 4.32. The molecule has 31 heavy (non-hydrogen) atoms. The largest absolute Gasteiger partial charge is 0.493 e. The first-order valence-corrected chi connectivity index (χ1v) is 10.8. The van der Waals surface area contributed by atoms with Crippen LogP contribution in [0.2, 0.25) is 15.1 Å². The van der Waals surface area contributed by atoms with E-state index in [0.29, 0.717) is 42.2 Å². The second-order valence-electron chi connectivity index (χ2n) is 6.24. The molecule has 0 heterocycles. The maximum Gasteiger partial charge on any atom is 0.272 e. The second kappa shape index (κ2) is 10.9. The fraction of sp³-hybridized carbons (Fsp3) is 0.0909. The van der Waals surface area contributed by atoms with Gasteiger partial charge in [-0.2, -0.15) is 5.10 Å². The number of nitrogens with one attached hydrogen (secondary N) is 1. The minimum Gasteiger partial charge on any atom is -0.493 e. The first-order valence-electron chi connectivity index (χ1n) is 8.91. The molecule has 0 saturated carbocycles. The number of nitrogens with zero attached hydrogens (tertiary/aromatic N) is 1. The predicted molar refractivity (Wildman–Crippen MR) is 128 cm³/mol. The van der Waals surface area contributed by atoms with Crippen LogP contribution in [0.5, 0.6) is 11.5 Å². The molecule has 0 bridgehead atoms. The van der Waals surface area contributed by atoms with Crippen LogP contribution in [0.15, 0.2) is 64.2 Å². The van der Waals surface area contributed by atoms with Crippen LogP contribution in [0.1, 0.15) is 21.5 Å². The number of ether oxygens (including phenoxy) is 2. The van der Waals surface area contributed by atoms with Crippen molar-refractivity contribution >= 4 is 62.9 Å². The molecule has 9 heteroatoms. The zero-order chi connectivity index (χ0) is 22.4. The van der Waals surface area contributed by atoms with E-state index in [2.05, 4.69) is 26.5 Å². The van der Waals surface area contributed by atoms with E-state index in [1.807, 2.05) is 6.07 Å². The van der Waals surface area contributed by atoms with Crippen molar-refractivity contribution < 1.29 is 14.3 Å². The van der Waals surface area contributed by atoms with Crippen LogP contribution >= 0.6 is 50.7 Å². The maximum absolute atomic E-state index is 12.2. The lowest BCUT2D eigenvalue weighted by molar-refractivity contribution is 0.0954. The van der Waals surface area contributed by atoms with Crippen LogP contribution in [0.4, 0.5) is 0 Å². The number of carbonyl (C=O) groups excluding carboxylic acids is 1. The van der Waals surface area contributed by atoms with Crippen LogP contribution < -0.4 is 14.9 Å². The minimum atomic E-state index is -0.346. The Morgan fingerprint density at radius 3 is 2.58 bits per heavy atom. The molecule has 0 unspecified atom stereocenters. The highest BCUT2D eigenvalue weighted by molar-refractivity contribution is 9.10. The van der Waals surface area contributed by atoms with E-state index >= 15 is 0 Å². The first-order chi connectivity index (χ1) is 14.9. The molecule has 1 N–H and O–H groups in total. The van der Waals surface area contributed by atoms with Gasteiger partial charge in [-0.3, -0.25) is 4.79 Å². The van der Waals surface area contributed by atoms with Crippen molar-refractivity contribution in [3.05, 3.63) is 90.8 Å². The van der Waals surface area contributed by atoms with Crippen molar-refractivity contribution in [1.29, 1.82) is 0 Å². The predicted octanol–water partition coefficient (Wildman–Crippen LogP) is 6.76. The van der Waals surface area contributed by atoms with Gasteiger partial charge in [0.15, 0.2) is 11.5 Å². The molecule has 5 nitrogen and oxygen atoms in total. The summed E-state index contributed by atoms with van der Waals surface area (Å²) in [7, 11) is 1.50. The number of hydrazone groups is 1. The van der Waals surface area contributed by atoms with Crippen molar-refractivity contribution in [2.24, 2.45) is 5.10 Å². The SMILES string of the molecule is COc1cc(/C=N/NC(=O)c2ccccc2Br)cc(Cl)c1OCc1ccc(Cl)cc1Cl. The number of hydrogen-bond donors (Lipinski definition) is 1. The average molecular weight is 543 g/mol. The third kappa shape index (κ3) is 6.14. The molecule has 3 aromatic rings. The summed E-state index contributed by atoms with van der Waals surface area (Å²) < 4.78 is 11.9. The molecule has 0 spiro atoms. The molecule has 0 aromatic heterocycles. The molecule has 0 saturated heterocycles. The van der Waals surface area contributed by atoms with Gasteiger partial charge in [-0.1, -0.05) is 53.0 Å². The average Bonchev–Trinajstić information content (AvgIpc) is 2.74. The molecule has 3 rings (SSSR count). The van der Waals surface area contributed by atoms with Gasteiger partial charge in [-0.05, 0) is 57.9 Å². The number of carbonyl (C=O) groups is 1. The number of hydrogen-bond acceptors (Lipinski definition) is 4. The van der Waals surface area contributed by atoms with Crippen molar-refractivity contribution in [1.82, 2.24) is 5.43 Å². The Labute approximate surface area is 203 Å². The lowest BCUT2D eigenvalue weighted by Gasteiger charge is -2.14. The Kier molecular flexibility index (Phi) is 8.21. The van der Waals surface area contributed by atoms with E-state index in [4.69, 9.17) is 44.3 Å². The third-order valence-corrected chi connectivity index (χ3v) is 5.70. The maximum atomic E-state index is 12.2. The lowest BCUT2D eigenvalue weighted by Crippen LogP contribution is -2.18. The molecule has 0 aliphatic carbocycles. The Balaban J connectivity index is 1.72. The van der Waals surface area contributed by atoms with Crippen LogP contribution in [-0.4, -0.2) is 19.2 Å². The van der Waals surface area contributed by atoms with Gasteiger partial charge < -0.3 is 9.47 Å². The molecular formula is C22H16BrCl3N2O3. The first kappa shape index (κ1) is 23.4. The van der Waals surface area contributed by atoms with Gasteiger partial charge in [-0.25, -0.2) is 5.43 Å². The molecular weight excluding hydrogens is 527 g/mol. The summed E-state index contributed by atoms with van der Waals surface area (Å²) in [6.07, 6.45) is 1.46.